The average Bonchev–Trinajstić information content (AvgIpc) is 3.27. The van der Waals surface area contributed by atoms with E-state index in [2.05, 4.69) is 4.98 Å². The molecule has 0 aliphatic rings. The first kappa shape index (κ1) is 17.5. The summed E-state index contributed by atoms with van der Waals surface area (Å²) in [6, 6.07) is 18.4. The SMILES string of the molecule is Cc1ccc2c([C@H](CC(F)(F)F)c3ccco3)c(-c3ccccc3)[nH]c2c1. The minimum Gasteiger partial charge on any atom is -0.469 e. The number of rotatable bonds is 4. The van der Waals surface area contributed by atoms with Crippen molar-refractivity contribution in [2.75, 3.05) is 0 Å². The van der Waals surface area contributed by atoms with Gasteiger partial charge in [0.2, 0.25) is 0 Å². The van der Waals surface area contributed by atoms with E-state index in [4.69, 9.17) is 4.42 Å². The molecule has 0 amide bonds. The first-order valence-electron chi connectivity index (χ1n) is 8.70. The van der Waals surface area contributed by atoms with Gasteiger partial charge >= 0.3 is 6.18 Å². The maximum Gasteiger partial charge on any atom is 0.390 e. The quantitative estimate of drug-likeness (QED) is 0.420. The van der Waals surface area contributed by atoms with Gasteiger partial charge in [-0.25, -0.2) is 0 Å². The van der Waals surface area contributed by atoms with Crippen molar-refractivity contribution >= 4 is 10.9 Å². The van der Waals surface area contributed by atoms with Gasteiger partial charge in [-0.15, -0.1) is 0 Å². The van der Waals surface area contributed by atoms with Crippen molar-refractivity contribution < 1.29 is 17.6 Å². The van der Waals surface area contributed by atoms with Crippen molar-refractivity contribution in [2.24, 2.45) is 0 Å². The second-order valence-corrected chi connectivity index (χ2v) is 6.72. The number of aromatic amines is 1. The Bertz CT molecular complexity index is 1050. The van der Waals surface area contributed by atoms with Crippen LogP contribution >= 0.6 is 0 Å². The third-order valence-electron chi connectivity index (χ3n) is 4.73. The summed E-state index contributed by atoms with van der Waals surface area (Å²) in [5.74, 6) is -0.613. The van der Waals surface area contributed by atoms with Gasteiger partial charge in [0.1, 0.15) is 5.76 Å². The van der Waals surface area contributed by atoms with E-state index in [1.165, 1.54) is 6.26 Å². The Hall–Kier alpha value is -2.95. The summed E-state index contributed by atoms with van der Waals surface area (Å²) in [5.41, 5.74) is 4.02. The molecular formula is C22H18F3NO. The summed E-state index contributed by atoms with van der Waals surface area (Å²) in [7, 11) is 0. The van der Waals surface area contributed by atoms with Crippen LogP contribution < -0.4 is 0 Å². The second kappa shape index (κ2) is 6.65. The number of H-pyrrole nitrogens is 1. The Morgan fingerprint density at radius 3 is 2.44 bits per heavy atom. The summed E-state index contributed by atoms with van der Waals surface area (Å²) >= 11 is 0. The van der Waals surface area contributed by atoms with Crippen LogP contribution in [0.1, 0.15) is 29.2 Å². The molecule has 0 unspecified atom stereocenters. The largest absolute Gasteiger partial charge is 0.469 e. The smallest absolute Gasteiger partial charge is 0.390 e. The normalized spacial score (nSPS) is 13.2. The molecule has 1 atom stereocenters. The first-order chi connectivity index (χ1) is 12.9. The number of alkyl halides is 3. The van der Waals surface area contributed by atoms with Crippen LogP contribution in [0.5, 0.6) is 0 Å². The van der Waals surface area contributed by atoms with E-state index in [1.54, 1.807) is 12.1 Å². The van der Waals surface area contributed by atoms with Crippen molar-refractivity contribution in [2.45, 2.75) is 25.4 Å². The highest BCUT2D eigenvalue weighted by molar-refractivity contribution is 5.92. The minimum absolute atomic E-state index is 0.311. The molecule has 1 N–H and O–H groups in total. The lowest BCUT2D eigenvalue weighted by Gasteiger charge is -2.18. The molecular weight excluding hydrogens is 351 g/mol. The molecule has 4 rings (SSSR count). The molecule has 0 aliphatic carbocycles. The maximum absolute atomic E-state index is 13.4. The third-order valence-corrected chi connectivity index (χ3v) is 4.73. The van der Waals surface area contributed by atoms with Gasteiger partial charge < -0.3 is 9.40 Å². The van der Waals surface area contributed by atoms with Crippen LogP contribution in [0, 0.1) is 6.92 Å². The zero-order valence-corrected chi connectivity index (χ0v) is 14.7. The number of aryl methyl sites for hydroxylation is 1. The molecule has 4 aromatic rings. The summed E-state index contributed by atoms with van der Waals surface area (Å²) < 4.78 is 45.7. The zero-order valence-electron chi connectivity index (χ0n) is 14.7. The van der Waals surface area contributed by atoms with Crippen LogP contribution in [0.2, 0.25) is 0 Å². The van der Waals surface area contributed by atoms with E-state index in [-0.39, 0.29) is 0 Å². The van der Waals surface area contributed by atoms with Crippen LogP contribution in [0.25, 0.3) is 22.2 Å². The number of furan rings is 1. The molecule has 2 aromatic heterocycles. The molecule has 5 heteroatoms. The summed E-state index contributed by atoms with van der Waals surface area (Å²) in [5, 5.41) is 0.783. The van der Waals surface area contributed by atoms with Crippen LogP contribution in [0.3, 0.4) is 0 Å². The Morgan fingerprint density at radius 2 is 1.78 bits per heavy atom. The van der Waals surface area contributed by atoms with Crippen LogP contribution in [0.4, 0.5) is 13.2 Å². The van der Waals surface area contributed by atoms with Crippen molar-refractivity contribution in [3.05, 3.63) is 83.8 Å². The first-order valence-corrected chi connectivity index (χ1v) is 8.70. The van der Waals surface area contributed by atoms with Crippen molar-refractivity contribution in [1.82, 2.24) is 4.98 Å². The summed E-state index contributed by atoms with van der Waals surface area (Å²) in [6.07, 6.45) is -3.89. The predicted molar refractivity (Wildman–Crippen MR) is 99.7 cm³/mol. The summed E-state index contributed by atoms with van der Waals surface area (Å²) in [6.45, 7) is 1.96. The lowest BCUT2D eigenvalue weighted by atomic mass is 9.88. The van der Waals surface area contributed by atoms with Crippen molar-refractivity contribution in [1.29, 1.82) is 0 Å². The van der Waals surface area contributed by atoms with E-state index in [0.717, 1.165) is 22.0 Å². The van der Waals surface area contributed by atoms with Gasteiger partial charge in [-0.2, -0.15) is 13.2 Å². The number of hydrogen-bond donors (Lipinski definition) is 1. The molecule has 0 spiro atoms. The number of aromatic nitrogens is 1. The fourth-order valence-corrected chi connectivity index (χ4v) is 3.59. The molecule has 0 aliphatic heterocycles. The minimum atomic E-state index is -4.32. The molecule has 27 heavy (non-hydrogen) atoms. The third kappa shape index (κ3) is 3.50. The van der Waals surface area contributed by atoms with Crippen molar-refractivity contribution in [3.63, 3.8) is 0 Å². The van der Waals surface area contributed by atoms with E-state index in [9.17, 15) is 13.2 Å². The lowest BCUT2D eigenvalue weighted by Crippen LogP contribution is -2.15. The van der Waals surface area contributed by atoms with Gasteiger partial charge in [0.05, 0.1) is 24.3 Å². The monoisotopic (exact) mass is 369 g/mol. The maximum atomic E-state index is 13.4. The number of benzene rings is 2. The van der Waals surface area contributed by atoms with Crippen LogP contribution in [0.15, 0.2) is 71.3 Å². The highest BCUT2D eigenvalue weighted by atomic mass is 19.4. The van der Waals surface area contributed by atoms with E-state index in [0.29, 0.717) is 17.0 Å². The second-order valence-electron chi connectivity index (χ2n) is 6.72. The van der Waals surface area contributed by atoms with E-state index >= 15 is 0 Å². The van der Waals surface area contributed by atoms with Crippen molar-refractivity contribution in [3.8, 4) is 11.3 Å². The zero-order chi connectivity index (χ0) is 19.0. The molecule has 0 saturated carbocycles. The van der Waals surface area contributed by atoms with Gasteiger partial charge in [-0.1, -0.05) is 42.5 Å². The lowest BCUT2D eigenvalue weighted by molar-refractivity contribution is -0.137. The van der Waals surface area contributed by atoms with E-state index < -0.39 is 18.5 Å². The fraction of sp³-hybridized carbons (Fsp3) is 0.182. The number of halogens is 3. The fourth-order valence-electron chi connectivity index (χ4n) is 3.59. The highest BCUT2D eigenvalue weighted by Crippen LogP contribution is 2.44. The molecule has 0 radical (unpaired) electrons. The van der Waals surface area contributed by atoms with Gasteiger partial charge in [0.15, 0.2) is 0 Å². The molecule has 0 saturated heterocycles. The standard InChI is InChI=1S/C22H18F3NO/c1-14-9-10-16-18(12-14)26-21(15-6-3-2-4-7-15)20(16)17(13-22(23,24)25)19-8-5-11-27-19/h2-12,17,26H,13H2,1H3/t17-/m1/s1. The highest BCUT2D eigenvalue weighted by Gasteiger charge is 2.37. The molecule has 2 heterocycles. The van der Waals surface area contributed by atoms with Gasteiger partial charge in [0, 0.05) is 10.9 Å². The molecule has 2 aromatic carbocycles. The van der Waals surface area contributed by atoms with Gasteiger partial charge in [0.25, 0.3) is 0 Å². The Morgan fingerprint density at radius 1 is 1.00 bits per heavy atom. The average molecular weight is 369 g/mol. The van der Waals surface area contributed by atoms with E-state index in [1.807, 2.05) is 55.5 Å². The molecule has 0 bridgehead atoms. The number of nitrogens with one attached hydrogen (secondary N) is 1. The topological polar surface area (TPSA) is 28.9 Å². The Balaban J connectivity index is 2.00. The van der Waals surface area contributed by atoms with Crippen LogP contribution in [-0.2, 0) is 0 Å². The molecule has 0 fully saturated rings. The number of hydrogen-bond acceptors (Lipinski definition) is 1. The Kier molecular flexibility index (Phi) is 4.30. The van der Waals surface area contributed by atoms with Gasteiger partial charge in [-0.3, -0.25) is 0 Å². The van der Waals surface area contributed by atoms with Crippen LogP contribution in [-0.4, -0.2) is 11.2 Å². The molecule has 2 nitrogen and oxygen atoms in total. The predicted octanol–water partition coefficient (Wildman–Crippen LogP) is 6.82. The summed E-state index contributed by atoms with van der Waals surface area (Å²) in [4.78, 5) is 3.34. The number of fused-ring (bicyclic) bond motifs is 1. The van der Waals surface area contributed by atoms with Gasteiger partial charge in [-0.05, 0) is 41.8 Å². The molecule has 138 valence electrons. The Labute approximate surface area is 154 Å².